The fourth-order valence-electron chi connectivity index (χ4n) is 4.09. The molecule has 0 aliphatic carbocycles. The average molecular weight is 529 g/mol. The van der Waals surface area contributed by atoms with Crippen LogP contribution in [0.2, 0.25) is 10.0 Å². The third-order valence-electron chi connectivity index (χ3n) is 5.87. The van der Waals surface area contributed by atoms with Gasteiger partial charge in [-0.15, -0.1) is 11.3 Å². The molecule has 2 heterocycles. The molecule has 0 spiro atoms. The summed E-state index contributed by atoms with van der Waals surface area (Å²) in [6, 6.07) is 17.2. The first-order valence-electron chi connectivity index (χ1n) is 11.6. The van der Waals surface area contributed by atoms with Gasteiger partial charge in [-0.25, -0.2) is 0 Å². The molecule has 0 bridgehead atoms. The van der Waals surface area contributed by atoms with Crippen molar-refractivity contribution >= 4 is 57.3 Å². The van der Waals surface area contributed by atoms with Crippen molar-refractivity contribution in [2.24, 2.45) is 0 Å². The van der Waals surface area contributed by atoms with Gasteiger partial charge in [0, 0.05) is 36.7 Å². The van der Waals surface area contributed by atoms with Crippen LogP contribution in [-0.4, -0.2) is 46.2 Å². The number of halogens is 2. The molecular formula is C27H27Cl2N3O2S. The molecule has 0 aliphatic rings. The molecule has 0 atom stereocenters. The Morgan fingerprint density at radius 1 is 0.971 bits per heavy atom. The number of nitrogens with zero attached hydrogens (tertiary/aromatic N) is 2. The molecule has 5 nitrogen and oxygen atoms in total. The molecule has 0 fully saturated rings. The molecule has 0 saturated carbocycles. The summed E-state index contributed by atoms with van der Waals surface area (Å²) >= 11 is 13.7. The highest BCUT2D eigenvalue weighted by Gasteiger charge is 2.23. The quantitative estimate of drug-likeness (QED) is 0.250. The van der Waals surface area contributed by atoms with Gasteiger partial charge in [-0.1, -0.05) is 60.5 Å². The number of hydrogen-bond donors (Lipinski definition) is 1. The van der Waals surface area contributed by atoms with E-state index in [4.69, 9.17) is 23.2 Å². The summed E-state index contributed by atoms with van der Waals surface area (Å²) in [5.74, 6) is -0.212. The number of carbonyl (C=O) groups is 2. The van der Waals surface area contributed by atoms with E-state index in [0.717, 1.165) is 28.5 Å². The van der Waals surface area contributed by atoms with E-state index in [-0.39, 0.29) is 18.4 Å². The molecule has 0 saturated heterocycles. The first-order chi connectivity index (χ1) is 17.0. The van der Waals surface area contributed by atoms with Crippen molar-refractivity contribution < 1.29 is 9.59 Å². The van der Waals surface area contributed by atoms with E-state index < -0.39 is 0 Å². The smallest absolute Gasteiger partial charge is 0.264 e. The van der Waals surface area contributed by atoms with Crippen LogP contribution >= 0.6 is 34.5 Å². The number of carbonyl (C=O) groups excluding carboxylic acids is 2. The highest BCUT2D eigenvalue weighted by Crippen LogP contribution is 2.24. The number of hydrogen-bond acceptors (Lipinski definition) is 3. The third-order valence-corrected chi connectivity index (χ3v) is 7.47. The van der Waals surface area contributed by atoms with Crippen LogP contribution in [0.5, 0.6) is 0 Å². The zero-order valence-corrected chi connectivity index (χ0v) is 21.8. The topological polar surface area (TPSA) is 56.4 Å². The SMILES string of the molecule is CCCN(CC(=O)N(CCc1c[nH]c2ccccc12)Cc1ccc(Cl)c(Cl)c1)C(=O)c1cccs1. The monoisotopic (exact) mass is 527 g/mol. The third kappa shape index (κ3) is 6.26. The molecule has 0 unspecified atom stereocenters. The van der Waals surface area contributed by atoms with Crippen LogP contribution in [0, 0.1) is 0 Å². The Morgan fingerprint density at radius 2 is 1.80 bits per heavy atom. The number of H-pyrrole nitrogens is 1. The van der Waals surface area contributed by atoms with Crippen molar-refractivity contribution in [3.63, 3.8) is 0 Å². The maximum absolute atomic E-state index is 13.6. The Balaban J connectivity index is 1.54. The second-order valence-electron chi connectivity index (χ2n) is 8.38. The highest BCUT2D eigenvalue weighted by molar-refractivity contribution is 7.12. The molecular weight excluding hydrogens is 501 g/mol. The van der Waals surface area contributed by atoms with Crippen LogP contribution in [0.25, 0.3) is 10.9 Å². The van der Waals surface area contributed by atoms with Gasteiger partial charge < -0.3 is 14.8 Å². The lowest BCUT2D eigenvalue weighted by Gasteiger charge is -2.27. The lowest BCUT2D eigenvalue weighted by atomic mass is 10.1. The average Bonchev–Trinajstić information content (AvgIpc) is 3.54. The van der Waals surface area contributed by atoms with Gasteiger partial charge in [-0.3, -0.25) is 9.59 Å². The molecule has 4 aromatic rings. The molecule has 2 aromatic carbocycles. The Morgan fingerprint density at radius 3 is 2.54 bits per heavy atom. The minimum absolute atomic E-state index is 0.0276. The van der Waals surface area contributed by atoms with E-state index in [1.807, 2.05) is 48.8 Å². The molecule has 4 rings (SSSR count). The zero-order chi connectivity index (χ0) is 24.8. The molecule has 2 amide bonds. The summed E-state index contributed by atoms with van der Waals surface area (Å²) in [5, 5.41) is 3.95. The number of thiophene rings is 1. The highest BCUT2D eigenvalue weighted by atomic mass is 35.5. The molecule has 2 aromatic heterocycles. The Labute approximate surface area is 219 Å². The number of fused-ring (bicyclic) bond motifs is 1. The lowest BCUT2D eigenvalue weighted by Crippen LogP contribution is -2.43. The Kier molecular flexibility index (Phi) is 8.50. The second-order valence-corrected chi connectivity index (χ2v) is 10.1. The fourth-order valence-corrected chi connectivity index (χ4v) is 5.10. The standard InChI is InChI=1S/C27H27Cl2N3O2S/c1-2-12-32(27(34)25-8-5-14-35-25)18-26(33)31(17-19-9-10-22(28)23(29)15-19)13-11-20-16-30-24-7-4-3-6-21(20)24/h3-10,14-16,30H,2,11-13,17-18H2,1H3. The van der Waals surface area contributed by atoms with Gasteiger partial charge in [0.2, 0.25) is 5.91 Å². The number of aromatic amines is 1. The Bertz CT molecular complexity index is 1300. The van der Waals surface area contributed by atoms with Crippen molar-refractivity contribution in [3.05, 3.63) is 92.2 Å². The summed E-state index contributed by atoms with van der Waals surface area (Å²) < 4.78 is 0. The number of rotatable bonds is 10. The van der Waals surface area contributed by atoms with E-state index in [1.54, 1.807) is 28.0 Å². The van der Waals surface area contributed by atoms with E-state index in [9.17, 15) is 9.59 Å². The molecule has 35 heavy (non-hydrogen) atoms. The van der Waals surface area contributed by atoms with Gasteiger partial charge in [-0.2, -0.15) is 0 Å². The fraction of sp³-hybridized carbons (Fsp3) is 0.259. The van der Waals surface area contributed by atoms with Crippen LogP contribution in [-0.2, 0) is 17.8 Å². The number of amides is 2. The summed E-state index contributed by atoms with van der Waals surface area (Å²) in [5.41, 5.74) is 3.10. The van der Waals surface area contributed by atoms with E-state index in [2.05, 4.69) is 11.1 Å². The second kappa shape index (κ2) is 11.8. The normalized spacial score (nSPS) is 11.1. The van der Waals surface area contributed by atoms with Crippen molar-refractivity contribution in [2.45, 2.75) is 26.3 Å². The van der Waals surface area contributed by atoms with E-state index >= 15 is 0 Å². The van der Waals surface area contributed by atoms with E-state index in [1.165, 1.54) is 11.3 Å². The predicted octanol–water partition coefficient (Wildman–Crippen LogP) is 6.66. The Hall–Kier alpha value is -2.80. The van der Waals surface area contributed by atoms with Crippen LogP contribution in [0.4, 0.5) is 0 Å². The van der Waals surface area contributed by atoms with Gasteiger partial charge in [-0.05, 0) is 53.6 Å². The number of aromatic nitrogens is 1. The van der Waals surface area contributed by atoms with Crippen LogP contribution in [0.15, 0.2) is 66.2 Å². The van der Waals surface area contributed by atoms with Crippen molar-refractivity contribution in [1.82, 2.24) is 14.8 Å². The minimum atomic E-state index is -0.110. The molecule has 0 radical (unpaired) electrons. The van der Waals surface area contributed by atoms with Gasteiger partial charge in [0.1, 0.15) is 6.54 Å². The van der Waals surface area contributed by atoms with Crippen molar-refractivity contribution in [2.75, 3.05) is 19.6 Å². The van der Waals surface area contributed by atoms with Crippen LogP contribution < -0.4 is 0 Å². The maximum Gasteiger partial charge on any atom is 0.264 e. The summed E-state index contributed by atoms with van der Waals surface area (Å²) in [6.07, 6.45) is 3.45. The van der Waals surface area contributed by atoms with Gasteiger partial charge in [0.15, 0.2) is 0 Å². The van der Waals surface area contributed by atoms with Crippen molar-refractivity contribution in [1.29, 1.82) is 0 Å². The number of para-hydroxylation sites is 1. The molecule has 182 valence electrons. The first kappa shape index (κ1) is 25.3. The first-order valence-corrected chi connectivity index (χ1v) is 13.2. The molecule has 1 N–H and O–H groups in total. The largest absolute Gasteiger partial charge is 0.361 e. The van der Waals surface area contributed by atoms with Crippen LogP contribution in [0.3, 0.4) is 0 Å². The van der Waals surface area contributed by atoms with Gasteiger partial charge in [0.25, 0.3) is 5.91 Å². The summed E-state index contributed by atoms with van der Waals surface area (Å²) in [6.45, 7) is 3.44. The predicted molar refractivity (Wildman–Crippen MR) is 144 cm³/mol. The summed E-state index contributed by atoms with van der Waals surface area (Å²) in [7, 11) is 0. The van der Waals surface area contributed by atoms with Gasteiger partial charge in [0.05, 0.1) is 14.9 Å². The number of benzene rings is 2. The zero-order valence-electron chi connectivity index (χ0n) is 19.5. The van der Waals surface area contributed by atoms with Crippen LogP contribution in [0.1, 0.15) is 34.1 Å². The van der Waals surface area contributed by atoms with E-state index in [0.29, 0.717) is 41.0 Å². The lowest BCUT2D eigenvalue weighted by molar-refractivity contribution is -0.132. The van der Waals surface area contributed by atoms with Crippen molar-refractivity contribution in [3.8, 4) is 0 Å². The molecule has 0 aliphatic heterocycles. The maximum atomic E-state index is 13.6. The number of nitrogens with one attached hydrogen (secondary N) is 1. The van der Waals surface area contributed by atoms with Gasteiger partial charge >= 0.3 is 0 Å². The minimum Gasteiger partial charge on any atom is -0.361 e. The molecule has 8 heteroatoms. The summed E-state index contributed by atoms with van der Waals surface area (Å²) in [4.78, 5) is 33.9.